The molecule has 1 aliphatic heterocycles. The fraction of sp³-hybridized carbons (Fsp3) is 1.00. The van der Waals surface area contributed by atoms with Gasteiger partial charge >= 0.3 is 0 Å². The molecule has 66 valence electrons. The summed E-state index contributed by atoms with van der Waals surface area (Å²) in [5, 5.41) is 8.66. The number of ether oxygens (including phenoxy) is 1. The van der Waals surface area contributed by atoms with E-state index >= 15 is 0 Å². The molecule has 3 N–H and O–H groups in total. The van der Waals surface area contributed by atoms with Gasteiger partial charge in [-0.3, -0.25) is 4.90 Å². The molecule has 1 heterocycles. The van der Waals surface area contributed by atoms with Crippen molar-refractivity contribution < 1.29 is 9.84 Å². The molecule has 0 spiro atoms. The average molecular weight is 160 g/mol. The van der Waals surface area contributed by atoms with Crippen molar-refractivity contribution >= 4 is 0 Å². The summed E-state index contributed by atoms with van der Waals surface area (Å²) in [5.41, 5.74) is 5.45. The van der Waals surface area contributed by atoms with Crippen molar-refractivity contribution in [2.75, 3.05) is 39.4 Å². The topological polar surface area (TPSA) is 58.7 Å². The molecule has 1 unspecified atom stereocenters. The maximum atomic E-state index is 8.66. The van der Waals surface area contributed by atoms with Crippen molar-refractivity contribution in [2.24, 2.45) is 5.73 Å². The number of morpholine rings is 1. The number of hydrogen-bond acceptors (Lipinski definition) is 4. The van der Waals surface area contributed by atoms with Crippen molar-refractivity contribution in [3.05, 3.63) is 0 Å². The Hall–Kier alpha value is -0.160. The standard InChI is InChI=1S/C7H16N2O2/c8-5-7-6-9(1-3-10)2-4-11-7/h7,10H,1-6,8H2. The van der Waals surface area contributed by atoms with E-state index in [0.29, 0.717) is 6.54 Å². The molecule has 0 aromatic rings. The van der Waals surface area contributed by atoms with Gasteiger partial charge in [0.25, 0.3) is 0 Å². The summed E-state index contributed by atoms with van der Waals surface area (Å²) in [4.78, 5) is 2.17. The SMILES string of the molecule is NCC1CN(CCO)CCO1. The summed E-state index contributed by atoms with van der Waals surface area (Å²) in [6.45, 7) is 4.04. The van der Waals surface area contributed by atoms with E-state index in [2.05, 4.69) is 4.90 Å². The number of nitrogens with two attached hydrogens (primary N) is 1. The number of rotatable bonds is 3. The molecule has 1 rings (SSSR count). The lowest BCUT2D eigenvalue weighted by Gasteiger charge is -2.31. The largest absolute Gasteiger partial charge is 0.395 e. The molecule has 11 heavy (non-hydrogen) atoms. The first-order chi connectivity index (χ1) is 5.36. The number of hydrogen-bond donors (Lipinski definition) is 2. The Morgan fingerprint density at radius 1 is 1.64 bits per heavy atom. The van der Waals surface area contributed by atoms with Crippen LogP contribution in [0.4, 0.5) is 0 Å². The molecule has 1 aliphatic rings. The van der Waals surface area contributed by atoms with Gasteiger partial charge < -0.3 is 15.6 Å². The van der Waals surface area contributed by atoms with E-state index in [4.69, 9.17) is 15.6 Å². The average Bonchev–Trinajstić information content (AvgIpc) is 2.06. The van der Waals surface area contributed by atoms with Crippen LogP contribution in [0.15, 0.2) is 0 Å². The summed E-state index contributed by atoms with van der Waals surface area (Å²) < 4.78 is 5.36. The zero-order valence-electron chi connectivity index (χ0n) is 6.70. The molecule has 0 amide bonds. The maximum absolute atomic E-state index is 8.66. The highest BCUT2D eigenvalue weighted by Crippen LogP contribution is 2.02. The number of aliphatic hydroxyl groups excluding tert-OH is 1. The van der Waals surface area contributed by atoms with Gasteiger partial charge in [0, 0.05) is 26.2 Å². The van der Waals surface area contributed by atoms with Gasteiger partial charge in [0.05, 0.1) is 19.3 Å². The zero-order valence-corrected chi connectivity index (χ0v) is 6.70. The molecule has 1 fully saturated rings. The zero-order chi connectivity index (χ0) is 8.10. The van der Waals surface area contributed by atoms with E-state index in [9.17, 15) is 0 Å². The van der Waals surface area contributed by atoms with Crippen LogP contribution >= 0.6 is 0 Å². The summed E-state index contributed by atoms with van der Waals surface area (Å²) in [6, 6.07) is 0. The third kappa shape index (κ3) is 2.75. The molecule has 0 saturated carbocycles. The van der Waals surface area contributed by atoms with Crippen LogP contribution in [0.3, 0.4) is 0 Å². The summed E-state index contributed by atoms with van der Waals surface area (Å²) in [6.07, 6.45) is 0.162. The fourth-order valence-electron chi connectivity index (χ4n) is 1.27. The minimum atomic E-state index is 0.162. The van der Waals surface area contributed by atoms with Gasteiger partial charge in [0.1, 0.15) is 0 Å². The quantitative estimate of drug-likeness (QED) is 0.535. The van der Waals surface area contributed by atoms with Crippen LogP contribution in [-0.2, 0) is 4.74 Å². The van der Waals surface area contributed by atoms with E-state index in [1.54, 1.807) is 0 Å². The normalized spacial score (nSPS) is 27.3. The van der Waals surface area contributed by atoms with Gasteiger partial charge in [-0.25, -0.2) is 0 Å². The first-order valence-electron chi connectivity index (χ1n) is 4.01. The predicted molar refractivity (Wildman–Crippen MR) is 42.3 cm³/mol. The smallest absolute Gasteiger partial charge is 0.0824 e. The molecular weight excluding hydrogens is 144 g/mol. The monoisotopic (exact) mass is 160 g/mol. The lowest BCUT2D eigenvalue weighted by atomic mass is 10.3. The Balaban J connectivity index is 2.21. The second kappa shape index (κ2) is 4.66. The number of nitrogens with zero attached hydrogens (tertiary/aromatic N) is 1. The Labute approximate surface area is 66.9 Å². The van der Waals surface area contributed by atoms with Crippen LogP contribution in [0.5, 0.6) is 0 Å². The van der Waals surface area contributed by atoms with Gasteiger partial charge in [0.15, 0.2) is 0 Å². The molecular formula is C7H16N2O2. The Morgan fingerprint density at radius 3 is 3.09 bits per heavy atom. The molecule has 1 atom stereocenters. The van der Waals surface area contributed by atoms with Crippen molar-refractivity contribution in [1.82, 2.24) is 4.90 Å². The van der Waals surface area contributed by atoms with Crippen LogP contribution in [0.2, 0.25) is 0 Å². The first kappa shape index (κ1) is 8.93. The van der Waals surface area contributed by atoms with E-state index in [0.717, 1.165) is 26.2 Å². The third-order valence-electron chi connectivity index (χ3n) is 1.90. The molecule has 4 nitrogen and oxygen atoms in total. The minimum Gasteiger partial charge on any atom is -0.395 e. The highest BCUT2D eigenvalue weighted by Gasteiger charge is 2.17. The molecule has 4 heteroatoms. The maximum Gasteiger partial charge on any atom is 0.0824 e. The number of β-amino-alcohol motifs (C(OH)–C–C–N with tert-alkyl or cyclic N) is 1. The first-order valence-corrected chi connectivity index (χ1v) is 4.01. The second-order valence-electron chi connectivity index (χ2n) is 2.75. The molecule has 1 saturated heterocycles. The van der Waals surface area contributed by atoms with Gasteiger partial charge in [-0.1, -0.05) is 0 Å². The van der Waals surface area contributed by atoms with E-state index < -0.39 is 0 Å². The van der Waals surface area contributed by atoms with Gasteiger partial charge in [-0.05, 0) is 0 Å². The molecule has 0 aliphatic carbocycles. The Morgan fingerprint density at radius 2 is 2.45 bits per heavy atom. The van der Waals surface area contributed by atoms with Gasteiger partial charge in [0.2, 0.25) is 0 Å². The van der Waals surface area contributed by atoms with E-state index in [-0.39, 0.29) is 12.7 Å². The Bertz CT molecular complexity index is 109. The molecule has 0 bridgehead atoms. The number of aliphatic hydroxyl groups is 1. The van der Waals surface area contributed by atoms with Crippen molar-refractivity contribution in [3.8, 4) is 0 Å². The van der Waals surface area contributed by atoms with Gasteiger partial charge in [-0.2, -0.15) is 0 Å². The van der Waals surface area contributed by atoms with Crippen molar-refractivity contribution in [1.29, 1.82) is 0 Å². The van der Waals surface area contributed by atoms with Crippen LogP contribution in [0.25, 0.3) is 0 Å². The lowest BCUT2D eigenvalue weighted by Crippen LogP contribution is -2.46. The highest BCUT2D eigenvalue weighted by atomic mass is 16.5. The molecule has 0 aromatic heterocycles. The fourth-order valence-corrected chi connectivity index (χ4v) is 1.27. The van der Waals surface area contributed by atoms with Gasteiger partial charge in [-0.15, -0.1) is 0 Å². The van der Waals surface area contributed by atoms with Crippen LogP contribution in [0, 0.1) is 0 Å². The van der Waals surface area contributed by atoms with Crippen LogP contribution in [-0.4, -0.2) is 55.5 Å². The molecule has 0 aromatic carbocycles. The van der Waals surface area contributed by atoms with Crippen molar-refractivity contribution in [2.45, 2.75) is 6.10 Å². The summed E-state index contributed by atoms with van der Waals surface area (Å²) in [5.74, 6) is 0. The van der Waals surface area contributed by atoms with E-state index in [1.807, 2.05) is 0 Å². The van der Waals surface area contributed by atoms with Crippen LogP contribution < -0.4 is 5.73 Å². The molecule has 0 radical (unpaired) electrons. The summed E-state index contributed by atoms with van der Waals surface area (Å²) in [7, 11) is 0. The summed E-state index contributed by atoms with van der Waals surface area (Å²) >= 11 is 0. The van der Waals surface area contributed by atoms with E-state index in [1.165, 1.54) is 0 Å². The third-order valence-corrected chi connectivity index (χ3v) is 1.90. The minimum absolute atomic E-state index is 0.162. The highest BCUT2D eigenvalue weighted by molar-refractivity contribution is 4.71. The predicted octanol–water partition coefficient (Wildman–Crippen LogP) is -1.36. The second-order valence-corrected chi connectivity index (χ2v) is 2.75. The van der Waals surface area contributed by atoms with Crippen molar-refractivity contribution in [3.63, 3.8) is 0 Å². The lowest BCUT2D eigenvalue weighted by molar-refractivity contribution is -0.0270. The Kier molecular flexibility index (Phi) is 3.79. The van der Waals surface area contributed by atoms with Crippen LogP contribution in [0.1, 0.15) is 0 Å².